The SMILES string of the molecule is COc1ccc(Oc2ccc(/C(=N\OCCN)c3ccc(C)cc3)cc2)cc1. The van der Waals surface area contributed by atoms with Crippen molar-refractivity contribution < 1.29 is 14.3 Å². The van der Waals surface area contributed by atoms with Gasteiger partial charge in [0.25, 0.3) is 0 Å². The van der Waals surface area contributed by atoms with Gasteiger partial charge in [-0.3, -0.25) is 0 Å². The standard InChI is InChI=1S/C23H24N2O3/c1-17-3-5-18(6-4-17)23(25-27-16-15-24)19-7-9-21(10-8-19)28-22-13-11-20(26-2)12-14-22/h3-14H,15-16,24H2,1-2H3/b25-23-. The molecule has 0 aliphatic heterocycles. The van der Waals surface area contributed by atoms with E-state index in [9.17, 15) is 0 Å². The minimum absolute atomic E-state index is 0.369. The Labute approximate surface area is 165 Å². The fourth-order valence-electron chi connectivity index (χ4n) is 2.61. The zero-order valence-corrected chi connectivity index (χ0v) is 16.1. The van der Waals surface area contributed by atoms with E-state index in [1.807, 2.05) is 60.7 Å². The van der Waals surface area contributed by atoms with Crippen LogP contribution in [0.5, 0.6) is 17.2 Å². The minimum Gasteiger partial charge on any atom is -0.497 e. The van der Waals surface area contributed by atoms with Crippen molar-refractivity contribution in [1.82, 2.24) is 0 Å². The molecular formula is C23H24N2O3. The maximum Gasteiger partial charge on any atom is 0.129 e. The molecule has 0 atom stereocenters. The van der Waals surface area contributed by atoms with E-state index in [1.54, 1.807) is 7.11 Å². The molecule has 0 aromatic heterocycles. The Kier molecular flexibility index (Phi) is 6.65. The molecule has 5 nitrogen and oxygen atoms in total. The number of benzene rings is 3. The number of methoxy groups -OCH3 is 1. The van der Waals surface area contributed by atoms with Gasteiger partial charge in [0.15, 0.2) is 0 Å². The molecule has 3 rings (SSSR count). The van der Waals surface area contributed by atoms with E-state index in [2.05, 4.69) is 24.2 Å². The summed E-state index contributed by atoms with van der Waals surface area (Å²) in [5.41, 5.74) is 9.36. The Hall–Kier alpha value is -3.31. The smallest absolute Gasteiger partial charge is 0.129 e. The molecule has 0 bridgehead atoms. The first-order valence-corrected chi connectivity index (χ1v) is 9.09. The van der Waals surface area contributed by atoms with Crippen LogP contribution in [-0.2, 0) is 4.84 Å². The van der Waals surface area contributed by atoms with Crippen molar-refractivity contribution in [2.75, 3.05) is 20.3 Å². The number of oxime groups is 1. The molecule has 0 saturated heterocycles. The van der Waals surface area contributed by atoms with Crippen molar-refractivity contribution in [2.24, 2.45) is 10.9 Å². The molecule has 2 N–H and O–H groups in total. The zero-order valence-electron chi connectivity index (χ0n) is 16.1. The van der Waals surface area contributed by atoms with Gasteiger partial charge in [-0.05, 0) is 55.5 Å². The summed E-state index contributed by atoms with van der Waals surface area (Å²) in [6.07, 6.45) is 0. The molecule has 5 heteroatoms. The van der Waals surface area contributed by atoms with Crippen LogP contribution < -0.4 is 15.2 Å². The highest BCUT2D eigenvalue weighted by atomic mass is 16.6. The van der Waals surface area contributed by atoms with Crippen molar-refractivity contribution in [3.8, 4) is 17.2 Å². The van der Waals surface area contributed by atoms with Crippen molar-refractivity contribution in [3.63, 3.8) is 0 Å². The van der Waals surface area contributed by atoms with Gasteiger partial charge in [-0.15, -0.1) is 0 Å². The molecule has 0 unspecified atom stereocenters. The van der Waals surface area contributed by atoms with Crippen LogP contribution in [-0.4, -0.2) is 26.0 Å². The lowest BCUT2D eigenvalue weighted by atomic mass is 10.0. The third-order valence-corrected chi connectivity index (χ3v) is 4.11. The van der Waals surface area contributed by atoms with Gasteiger partial charge in [-0.2, -0.15) is 0 Å². The first kappa shape index (κ1) is 19.5. The maximum atomic E-state index is 5.89. The van der Waals surface area contributed by atoms with E-state index < -0.39 is 0 Å². The molecule has 3 aromatic rings. The Morgan fingerprint density at radius 2 is 1.29 bits per heavy atom. The number of rotatable bonds is 8. The second-order valence-corrected chi connectivity index (χ2v) is 6.23. The molecule has 0 radical (unpaired) electrons. The van der Waals surface area contributed by atoms with Crippen LogP contribution >= 0.6 is 0 Å². The largest absolute Gasteiger partial charge is 0.497 e. The average Bonchev–Trinajstić information content (AvgIpc) is 2.74. The molecule has 0 amide bonds. The molecule has 0 saturated carbocycles. The highest BCUT2D eigenvalue weighted by Gasteiger charge is 2.09. The molecule has 0 spiro atoms. The van der Waals surface area contributed by atoms with Crippen LogP contribution in [0.4, 0.5) is 0 Å². The number of aryl methyl sites for hydroxylation is 1. The normalized spacial score (nSPS) is 11.2. The second-order valence-electron chi connectivity index (χ2n) is 6.23. The lowest BCUT2D eigenvalue weighted by Gasteiger charge is -2.10. The van der Waals surface area contributed by atoms with E-state index >= 15 is 0 Å². The summed E-state index contributed by atoms with van der Waals surface area (Å²) in [6, 6.07) is 23.4. The van der Waals surface area contributed by atoms with Gasteiger partial charge < -0.3 is 20.0 Å². The van der Waals surface area contributed by atoms with Gasteiger partial charge in [0.2, 0.25) is 0 Å². The van der Waals surface area contributed by atoms with Crippen LogP contribution in [0.15, 0.2) is 78.0 Å². The fourth-order valence-corrected chi connectivity index (χ4v) is 2.61. The third kappa shape index (κ3) is 5.11. The van der Waals surface area contributed by atoms with Crippen molar-refractivity contribution in [3.05, 3.63) is 89.5 Å². The van der Waals surface area contributed by atoms with Gasteiger partial charge in [0.1, 0.15) is 29.6 Å². The lowest BCUT2D eigenvalue weighted by molar-refractivity contribution is 0.152. The Bertz CT molecular complexity index is 902. The van der Waals surface area contributed by atoms with Crippen molar-refractivity contribution in [1.29, 1.82) is 0 Å². The van der Waals surface area contributed by atoms with Gasteiger partial charge >= 0.3 is 0 Å². The monoisotopic (exact) mass is 376 g/mol. The molecule has 0 aliphatic rings. The van der Waals surface area contributed by atoms with E-state index in [0.29, 0.717) is 13.2 Å². The number of ether oxygens (including phenoxy) is 2. The molecule has 0 heterocycles. The topological polar surface area (TPSA) is 66.1 Å². The highest BCUT2D eigenvalue weighted by molar-refractivity contribution is 6.12. The molecule has 28 heavy (non-hydrogen) atoms. The zero-order chi connectivity index (χ0) is 19.8. The van der Waals surface area contributed by atoms with Gasteiger partial charge in [-0.25, -0.2) is 0 Å². The lowest BCUT2D eigenvalue weighted by Crippen LogP contribution is -2.09. The summed E-state index contributed by atoms with van der Waals surface area (Å²) < 4.78 is 11.1. The van der Waals surface area contributed by atoms with Crippen LogP contribution in [0.3, 0.4) is 0 Å². The quantitative estimate of drug-likeness (QED) is 0.356. The fraction of sp³-hybridized carbons (Fsp3) is 0.174. The average molecular weight is 376 g/mol. The van der Waals surface area contributed by atoms with Crippen molar-refractivity contribution >= 4 is 5.71 Å². The first-order chi connectivity index (χ1) is 13.7. The highest BCUT2D eigenvalue weighted by Crippen LogP contribution is 2.25. The van der Waals surface area contributed by atoms with Crippen LogP contribution in [0.25, 0.3) is 0 Å². The predicted octanol–water partition coefficient (Wildman–Crippen LogP) is 4.52. The summed E-state index contributed by atoms with van der Waals surface area (Å²) in [6.45, 7) is 2.84. The maximum absolute atomic E-state index is 5.89. The summed E-state index contributed by atoms with van der Waals surface area (Å²) in [5, 5.41) is 4.30. The summed E-state index contributed by atoms with van der Waals surface area (Å²) in [4.78, 5) is 5.35. The third-order valence-electron chi connectivity index (χ3n) is 4.11. The molecular weight excluding hydrogens is 352 g/mol. The molecule has 3 aromatic carbocycles. The summed E-state index contributed by atoms with van der Waals surface area (Å²) >= 11 is 0. The summed E-state index contributed by atoms with van der Waals surface area (Å²) in [5.74, 6) is 2.27. The van der Waals surface area contributed by atoms with Crippen LogP contribution in [0.1, 0.15) is 16.7 Å². The van der Waals surface area contributed by atoms with Crippen molar-refractivity contribution in [2.45, 2.75) is 6.92 Å². The number of hydrogen-bond donors (Lipinski definition) is 1. The summed E-state index contributed by atoms with van der Waals surface area (Å²) in [7, 11) is 1.64. The van der Waals surface area contributed by atoms with E-state index in [0.717, 1.165) is 34.1 Å². The number of hydrogen-bond acceptors (Lipinski definition) is 5. The van der Waals surface area contributed by atoms with E-state index in [1.165, 1.54) is 5.56 Å². The molecule has 144 valence electrons. The molecule has 0 fully saturated rings. The van der Waals surface area contributed by atoms with Crippen LogP contribution in [0.2, 0.25) is 0 Å². The Morgan fingerprint density at radius 1 is 0.786 bits per heavy atom. The Morgan fingerprint density at radius 3 is 1.82 bits per heavy atom. The number of nitrogens with two attached hydrogens (primary N) is 1. The minimum atomic E-state index is 0.369. The van der Waals surface area contributed by atoms with Gasteiger partial charge in [0.05, 0.1) is 7.11 Å². The van der Waals surface area contributed by atoms with Gasteiger partial charge in [-0.1, -0.05) is 35.0 Å². The molecule has 0 aliphatic carbocycles. The van der Waals surface area contributed by atoms with Crippen LogP contribution in [0, 0.1) is 6.92 Å². The number of nitrogens with zero attached hydrogens (tertiary/aromatic N) is 1. The second kappa shape index (κ2) is 9.58. The first-order valence-electron chi connectivity index (χ1n) is 9.09. The van der Waals surface area contributed by atoms with Gasteiger partial charge in [0, 0.05) is 17.7 Å². The van der Waals surface area contributed by atoms with E-state index in [-0.39, 0.29) is 0 Å². The predicted molar refractivity (Wildman–Crippen MR) is 111 cm³/mol. The Balaban J connectivity index is 1.80. The van der Waals surface area contributed by atoms with E-state index in [4.69, 9.17) is 20.0 Å².